The van der Waals surface area contributed by atoms with Gasteiger partial charge in [-0.15, -0.1) is 0 Å². The second kappa shape index (κ2) is 6.53. The van der Waals surface area contributed by atoms with Gasteiger partial charge in [0.05, 0.1) is 6.07 Å². The molecule has 0 aliphatic heterocycles. The van der Waals surface area contributed by atoms with Crippen LogP contribution in [0.1, 0.15) is 19.3 Å². The fraction of sp³-hybridized carbons (Fsp3) is 0.857. The molecule has 0 radical (unpaired) electrons. The van der Waals surface area contributed by atoms with Crippen molar-refractivity contribution in [2.75, 3.05) is 13.1 Å². The molecule has 3 nitrogen and oxygen atoms in total. The van der Waals surface area contributed by atoms with Crippen LogP contribution >= 0.6 is 0 Å². The lowest BCUT2D eigenvalue weighted by Gasteiger charge is -2.09. The first-order valence-corrected chi connectivity index (χ1v) is 3.62. The van der Waals surface area contributed by atoms with Crippen LogP contribution in [0.3, 0.4) is 0 Å². The summed E-state index contributed by atoms with van der Waals surface area (Å²) in [7, 11) is 0. The van der Waals surface area contributed by atoms with Crippen molar-refractivity contribution in [3.63, 3.8) is 0 Å². The van der Waals surface area contributed by atoms with E-state index >= 15 is 0 Å². The van der Waals surface area contributed by atoms with Crippen LogP contribution in [0.2, 0.25) is 0 Å². The molecular weight excluding hydrogens is 126 g/mol. The summed E-state index contributed by atoms with van der Waals surface area (Å²) in [5.74, 6) is 0.449. The van der Waals surface area contributed by atoms with Crippen molar-refractivity contribution in [2.45, 2.75) is 19.3 Å². The van der Waals surface area contributed by atoms with Gasteiger partial charge in [0.15, 0.2) is 0 Å². The molecule has 0 rings (SSSR count). The van der Waals surface area contributed by atoms with Gasteiger partial charge in [-0.1, -0.05) is 0 Å². The maximum absolute atomic E-state index is 8.26. The molecule has 1 unspecified atom stereocenters. The SMILES string of the molecule is N#CCCC(CN)CCN. The Bertz CT molecular complexity index is 106. The average molecular weight is 141 g/mol. The Labute approximate surface area is 62.0 Å². The van der Waals surface area contributed by atoms with Gasteiger partial charge in [-0.2, -0.15) is 5.26 Å². The monoisotopic (exact) mass is 141 g/mol. The normalized spacial score (nSPS) is 12.5. The van der Waals surface area contributed by atoms with Crippen molar-refractivity contribution in [3.05, 3.63) is 0 Å². The molecular formula is C7H15N3. The maximum Gasteiger partial charge on any atom is 0.0621 e. The Kier molecular flexibility index (Phi) is 6.14. The predicted molar refractivity (Wildman–Crippen MR) is 41.1 cm³/mol. The van der Waals surface area contributed by atoms with E-state index in [-0.39, 0.29) is 0 Å². The highest BCUT2D eigenvalue weighted by Gasteiger charge is 2.03. The van der Waals surface area contributed by atoms with Crippen LogP contribution < -0.4 is 11.5 Å². The molecule has 0 aliphatic rings. The summed E-state index contributed by atoms with van der Waals surface area (Å²) in [5.41, 5.74) is 10.8. The summed E-state index contributed by atoms with van der Waals surface area (Å²) in [6.07, 6.45) is 2.43. The zero-order chi connectivity index (χ0) is 7.82. The number of nitrogens with zero attached hydrogens (tertiary/aromatic N) is 1. The highest BCUT2D eigenvalue weighted by atomic mass is 14.6. The molecule has 0 amide bonds. The van der Waals surface area contributed by atoms with Crippen molar-refractivity contribution in [1.82, 2.24) is 0 Å². The van der Waals surface area contributed by atoms with E-state index in [1.54, 1.807) is 0 Å². The smallest absolute Gasteiger partial charge is 0.0621 e. The van der Waals surface area contributed by atoms with E-state index in [1.807, 2.05) is 0 Å². The van der Waals surface area contributed by atoms with E-state index in [2.05, 4.69) is 6.07 Å². The van der Waals surface area contributed by atoms with Crippen LogP contribution in [0.5, 0.6) is 0 Å². The fourth-order valence-corrected chi connectivity index (χ4v) is 0.884. The van der Waals surface area contributed by atoms with E-state index in [9.17, 15) is 0 Å². The second-order valence-corrected chi connectivity index (χ2v) is 2.38. The van der Waals surface area contributed by atoms with Crippen LogP contribution in [0.15, 0.2) is 0 Å². The second-order valence-electron chi connectivity index (χ2n) is 2.38. The van der Waals surface area contributed by atoms with Crippen LogP contribution in [-0.4, -0.2) is 13.1 Å². The van der Waals surface area contributed by atoms with Gasteiger partial charge in [0.25, 0.3) is 0 Å². The molecule has 1 atom stereocenters. The van der Waals surface area contributed by atoms with Crippen molar-refractivity contribution in [1.29, 1.82) is 5.26 Å². The zero-order valence-corrected chi connectivity index (χ0v) is 6.21. The Hall–Kier alpha value is -0.590. The molecule has 58 valence electrons. The highest BCUT2D eigenvalue weighted by molar-refractivity contribution is 4.72. The number of rotatable bonds is 5. The van der Waals surface area contributed by atoms with Crippen LogP contribution in [0, 0.1) is 17.2 Å². The Morgan fingerprint density at radius 1 is 1.30 bits per heavy atom. The van der Waals surface area contributed by atoms with Gasteiger partial charge >= 0.3 is 0 Å². The van der Waals surface area contributed by atoms with Crippen LogP contribution in [0.4, 0.5) is 0 Å². The van der Waals surface area contributed by atoms with Crippen molar-refractivity contribution >= 4 is 0 Å². The first kappa shape index (κ1) is 9.41. The van der Waals surface area contributed by atoms with Crippen molar-refractivity contribution < 1.29 is 0 Å². The molecule has 0 bridgehead atoms. The number of nitriles is 1. The largest absolute Gasteiger partial charge is 0.330 e. The summed E-state index contributed by atoms with van der Waals surface area (Å²) >= 11 is 0. The van der Waals surface area contributed by atoms with Crippen LogP contribution in [-0.2, 0) is 0 Å². The minimum absolute atomic E-state index is 0.449. The third kappa shape index (κ3) is 4.30. The van der Waals surface area contributed by atoms with Gasteiger partial charge in [-0.3, -0.25) is 0 Å². The zero-order valence-electron chi connectivity index (χ0n) is 6.21. The number of nitrogens with two attached hydrogens (primary N) is 2. The van der Waals surface area contributed by atoms with Gasteiger partial charge in [0, 0.05) is 6.42 Å². The van der Waals surface area contributed by atoms with Crippen molar-refractivity contribution in [2.24, 2.45) is 17.4 Å². The van der Waals surface area contributed by atoms with E-state index < -0.39 is 0 Å². The summed E-state index contributed by atoms with van der Waals surface area (Å²) in [6.45, 7) is 1.33. The van der Waals surface area contributed by atoms with Gasteiger partial charge in [-0.05, 0) is 31.8 Å². The molecule has 0 fully saturated rings. The molecule has 0 spiro atoms. The molecule has 0 heterocycles. The Balaban J connectivity index is 3.32. The summed E-state index contributed by atoms with van der Waals surface area (Å²) in [5, 5.41) is 8.26. The Morgan fingerprint density at radius 3 is 2.40 bits per heavy atom. The number of hydrogen-bond acceptors (Lipinski definition) is 3. The lowest BCUT2D eigenvalue weighted by atomic mass is 10.0. The lowest BCUT2D eigenvalue weighted by molar-refractivity contribution is 0.473. The first-order chi connectivity index (χ1) is 4.85. The van der Waals surface area contributed by atoms with Gasteiger partial charge in [-0.25, -0.2) is 0 Å². The van der Waals surface area contributed by atoms with Crippen LogP contribution in [0.25, 0.3) is 0 Å². The molecule has 0 saturated heterocycles. The molecule has 0 saturated carbocycles. The van der Waals surface area contributed by atoms with Gasteiger partial charge in [0.1, 0.15) is 0 Å². The molecule has 10 heavy (non-hydrogen) atoms. The minimum Gasteiger partial charge on any atom is -0.330 e. The highest BCUT2D eigenvalue weighted by Crippen LogP contribution is 2.07. The molecule has 3 heteroatoms. The van der Waals surface area contributed by atoms with Gasteiger partial charge < -0.3 is 11.5 Å². The Morgan fingerprint density at radius 2 is 2.00 bits per heavy atom. The molecule has 0 aromatic heterocycles. The minimum atomic E-state index is 0.449. The molecule has 4 N–H and O–H groups in total. The first-order valence-electron chi connectivity index (χ1n) is 3.62. The van der Waals surface area contributed by atoms with E-state index in [0.717, 1.165) is 12.8 Å². The topological polar surface area (TPSA) is 75.8 Å². The summed E-state index contributed by atoms with van der Waals surface area (Å²) in [4.78, 5) is 0. The van der Waals surface area contributed by atoms with E-state index in [0.29, 0.717) is 25.4 Å². The fourth-order valence-electron chi connectivity index (χ4n) is 0.884. The van der Waals surface area contributed by atoms with Crippen molar-refractivity contribution in [3.8, 4) is 6.07 Å². The maximum atomic E-state index is 8.26. The third-order valence-corrected chi connectivity index (χ3v) is 1.57. The number of hydrogen-bond donors (Lipinski definition) is 2. The van der Waals surface area contributed by atoms with Gasteiger partial charge in [0.2, 0.25) is 0 Å². The molecule has 0 aliphatic carbocycles. The summed E-state index contributed by atoms with van der Waals surface area (Å²) in [6, 6.07) is 2.09. The average Bonchev–Trinajstić information content (AvgIpc) is 1.98. The molecule has 0 aromatic rings. The third-order valence-electron chi connectivity index (χ3n) is 1.57. The summed E-state index contributed by atoms with van der Waals surface area (Å²) < 4.78 is 0. The molecule has 0 aromatic carbocycles. The van der Waals surface area contributed by atoms with E-state index in [4.69, 9.17) is 16.7 Å². The van der Waals surface area contributed by atoms with E-state index in [1.165, 1.54) is 0 Å². The predicted octanol–water partition coefficient (Wildman–Crippen LogP) is 0.214. The standard InChI is InChI=1S/C7H15N3/c8-4-1-2-7(6-10)3-5-9/h7H,1-3,5-6,9-10H2. The quantitative estimate of drug-likeness (QED) is 0.574. The lowest BCUT2D eigenvalue weighted by Crippen LogP contribution is -2.17.